The molecule has 0 fully saturated rings. The predicted molar refractivity (Wildman–Crippen MR) is 83.7 cm³/mol. The van der Waals surface area contributed by atoms with Gasteiger partial charge in [0.1, 0.15) is 24.7 Å². The second-order valence-electron chi connectivity index (χ2n) is 3.84. The molecular formula is C14H13Br2NO2. The van der Waals surface area contributed by atoms with E-state index in [2.05, 4.69) is 31.9 Å². The van der Waals surface area contributed by atoms with Crippen LogP contribution in [-0.2, 0) is 0 Å². The summed E-state index contributed by atoms with van der Waals surface area (Å²) >= 11 is 6.74. The number of rotatable bonds is 5. The Morgan fingerprint density at radius 3 is 2.37 bits per heavy atom. The van der Waals surface area contributed by atoms with Crippen molar-refractivity contribution >= 4 is 37.5 Å². The molecule has 0 spiro atoms. The molecule has 100 valence electrons. The Kier molecular flexibility index (Phi) is 5.10. The topological polar surface area (TPSA) is 44.5 Å². The van der Waals surface area contributed by atoms with E-state index in [0.717, 1.165) is 14.7 Å². The lowest BCUT2D eigenvalue weighted by atomic mass is 10.3. The van der Waals surface area contributed by atoms with E-state index < -0.39 is 0 Å². The summed E-state index contributed by atoms with van der Waals surface area (Å²) in [6.45, 7) is 0.907. The summed E-state index contributed by atoms with van der Waals surface area (Å²) in [5.74, 6) is 1.47. The van der Waals surface area contributed by atoms with Crippen molar-refractivity contribution in [3.63, 3.8) is 0 Å². The molecule has 2 rings (SSSR count). The summed E-state index contributed by atoms with van der Waals surface area (Å²) < 4.78 is 13.1. The van der Waals surface area contributed by atoms with Crippen LogP contribution in [0.25, 0.3) is 0 Å². The minimum Gasteiger partial charge on any atom is -0.490 e. The fraction of sp³-hybridized carbons (Fsp3) is 0.143. The first-order valence-electron chi connectivity index (χ1n) is 5.71. The lowest BCUT2D eigenvalue weighted by molar-refractivity contribution is 0.218. The van der Waals surface area contributed by atoms with Crippen LogP contribution in [0.1, 0.15) is 0 Å². The maximum Gasteiger partial charge on any atom is 0.142 e. The smallest absolute Gasteiger partial charge is 0.142 e. The number of benzene rings is 2. The summed E-state index contributed by atoms with van der Waals surface area (Å²) in [6, 6.07) is 13.2. The lowest BCUT2D eigenvalue weighted by Crippen LogP contribution is -2.09. The van der Waals surface area contributed by atoms with Gasteiger partial charge in [-0.2, -0.15) is 0 Å². The minimum absolute atomic E-state index is 0.443. The van der Waals surface area contributed by atoms with E-state index in [1.54, 1.807) is 0 Å². The van der Waals surface area contributed by atoms with Crippen molar-refractivity contribution in [1.82, 2.24) is 0 Å². The molecule has 3 nitrogen and oxygen atoms in total. The van der Waals surface area contributed by atoms with Gasteiger partial charge in [-0.25, -0.2) is 0 Å². The molecule has 0 unspecified atom stereocenters. The fourth-order valence-electron chi connectivity index (χ4n) is 1.52. The first kappa shape index (κ1) is 14.2. The average molecular weight is 387 g/mol. The monoisotopic (exact) mass is 385 g/mol. The number of hydrogen-bond acceptors (Lipinski definition) is 3. The first-order valence-corrected chi connectivity index (χ1v) is 7.30. The number of hydrogen-bond donors (Lipinski definition) is 1. The van der Waals surface area contributed by atoms with E-state index >= 15 is 0 Å². The summed E-state index contributed by atoms with van der Waals surface area (Å²) in [5, 5.41) is 0. The molecule has 0 atom stereocenters. The summed E-state index contributed by atoms with van der Waals surface area (Å²) in [6.07, 6.45) is 0. The maximum atomic E-state index is 5.83. The molecule has 0 aliphatic carbocycles. The first-order chi connectivity index (χ1) is 9.15. The molecule has 5 heteroatoms. The highest BCUT2D eigenvalue weighted by Gasteiger charge is 2.01. The zero-order valence-corrected chi connectivity index (χ0v) is 13.3. The molecule has 2 N–H and O–H groups in total. The van der Waals surface area contributed by atoms with Crippen LogP contribution in [0.3, 0.4) is 0 Å². The van der Waals surface area contributed by atoms with Crippen LogP contribution in [0, 0.1) is 0 Å². The van der Waals surface area contributed by atoms with Crippen LogP contribution in [0.4, 0.5) is 5.69 Å². The number of ether oxygens (including phenoxy) is 2. The Labute approximate surface area is 129 Å². The van der Waals surface area contributed by atoms with Crippen molar-refractivity contribution in [3.05, 3.63) is 51.4 Å². The highest BCUT2D eigenvalue weighted by Crippen LogP contribution is 2.25. The van der Waals surface area contributed by atoms with Gasteiger partial charge >= 0.3 is 0 Å². The lowest BCUT2D eigenvalue weighted by Gasteiger charge is -2.10. The van der Waals surface area contributed by atoms with Gasteiger partial charge in [-0.1, -0.05) is 37.9 Å². The standard InChI is InChI=1S/C14H13Br2NO2/c15-10-2-1-3-12(8-10)18-6-7-19-14-5-4-11(16)9-13(14)17/h1-5,8-9H,6-7,17H2. The highest BCUT2D eigenvalue weighted by atomic mass is 79.9. The Hall–Kier alpha value is -1.20. The van der Waals surface area contributed by atoms with Crippen molar-refractivity contribution in [2.75, 3.05) is 18.9 Å². The van der Waals surface area contributed by atoms with Crippen molar-refractivity contribution in [2.45, 2.75) is 0 Å². The molecular weight excluding hydrogens is 374 g/mol. The molecule has 0 amide bonds. The highest BCUT2D eigenvalue weighted by molar-refractivity contribution is 9.10. The van der Waals surface area contributed by atoms with Crippen LogP contribution in [0.2, 0.25) is 0 Å². The molecule has 2 aromatic rings. The fourth-order valence-corrected chi connectivity index (χ4v) is 2.28. The molecule has 0 bridgehead atoms. The van der Waals surface area contributed by atoms with Crippen molar-refractivity contribution in [3.8, 4) is 11.5 Å². The molecule has 0 aliphatic rings. The minimum atomic E-state index is 0.443. The van der Waals surface area contributed by atoms with E-state index in [0.29, 0.717) is 24.7 Å². The zero-order chi connectivity index (χ0) is 13.7. The van der Waals surface area contributed by atoms with Gasteiger partial charge in [0, 0.05) is 8.95 Å². The Morgan fingerprint density at radius 1 is 0.895 bits per heavy atom. The number of nitrogen functional groups attached to an aromatic ring is 1. The molecule has 0 saturated carbocycles. The van der Waals surface area contributed by atoms with Gasteiger partial charge < -0.3 is 15.2 Å². The van der Waals surface area contributed by atoms with Gasteiger partial charge in [0.05, 0.1) is 5.69 Å². The third kappa shape index (κ3) is 4.44. The molecule has 0 aromatic heterocycles. The van der Waals surface area contributed by atoms with Gasteiger partial charge in [-0.3, -0.25) is 0 Å². The zero-order valence-electron chi connectivity index (χ0n) is 10.1. The van der Waals surface area contributed by atoms with Gasteiger partial charge in [0.2, 0.25) is 0 Å². The Morgan fingerprint density at radius 2 is 1.63 bits per heavy atom. The van der Waals surface area contributed by atoms with E-state index in [-0.39, 0.29) is 0 Å². The van der Waals surface area contributed by atoms with Gasteiger partial charge in [-0.15, -0.1) is 0 Å². The molecule has 2 aromatic carbocycles. The summed E-state index contributed by atoms with van der Waals surface area (Å²) in [5.41, 5.74) is 6.44. The van der Waals surface area contributed by atoms with Gasteiger partial charge in [0.15, 0.2) is 0 Å². The van der Waals surface area contributed by atoms with E-state index in [4.69, 9.17) is 15.2 Å². The van der Waals surface area contributed by atoms with Gasteiger partial charge in [0.25, 0.3) is 0 Å². The van der Waals surface area contributed by atoms with Crippen LogP contribution in [-0.4, -0.2) is 13.2 Å². The number of anilines is 1. The molecule has 0 heterocycles. The van der Waals surface area contributed by atoms with Gasteiger partial charge in [-0.05, 0) is 36.4 Å². The Bertz CT molecular complexity index is 561. The molecule has 0 saturated heterocycles. The largest absolute Gasteiger partial charge is 0.490 e. The number of halogens is 2. The second kappa shape index (κ2) is 6.82. The van der Waals surface area contributed by atoms with Crippen LogP contribution in [0.5, 0.6) is 11.5 Å². The second-order valence-corrected chi connectivity index (χ2v) is 5.67. The van der Waals surface area contributed by atoms with E-state index in [9.17, 15) is 0 Å². The van der Waals surface area contributed by atoms with Crippen LogP contribution < -0.4 is 15.2 Å². The third-order valence-corrected chi connectivity index (χ3v) is 3.36. The van der Waals surface area contributed by atoms with Crippen molar-refractivity contribution in [1.29, 1.82) is 0 Å². The number of nitrogens with two attached hydrogens (primary N) is 1. The van der Waals surface area contributed by atoms with E-state index in [1.807, 2.05) is 42.5 Å². The molecule has 0 aliphatic heterocycles. The maximum absolute atomic E-state index is 5.83. The Balaban J connectivity index is 1.81. The van der Waals surface area contributed by atoms with Crippen molar-refractivity contribution < 1.29 is 9.47 Å². The average Bonchev–Trinajstić information content (AvgIpc) is 2.37. The predicted octanol–water partition coefficient (Wildman–Crippen LogP) is 4.25. The quantitative estimate of drug-likeness (QED) is 0.617. The summed E-state index contributed by atoms with van der Waals surface area (Å²) in [4.78, 5) is 0. The van der Waals surface area contributed by atoms with Crippen LogP contribution >= 0.6 is 31.9 Å². The SMILES string of the molecule is Nc1cc(Br)ccc1OCCOc1cccc(Br)c1. The van der Waals surface area contributed by atoms with E-state index in [1.165, 1.54) is 0 Å². The van der Waals surface area contributed by atoms with Crippen LogP contribution in [0.15, 0.2) is 51.4 Å². The normalized spacial score (nSPS) is 10.2. The summed E-state index contributed by atoms with van der Waals surface area (Å²) in [7, 11) is 0. The third-order valence-electron chi connectivity index (χ3n) is 2.38. The molecule has 0 radical (unpaired) electrons. The molecule has 19 heavy (non-hydrogen) atoms. The van der Waals surface area contributed by atoms with Crippen molar-refractivity contribution in [2.24, 2.45) is 0 Å².